The first kappa shape index (κ1) is 24.3. The number of esters is 1. The lowest BCUT2D eigenvalue weighted by Crippen LogP contribution is -2.24. The van der Waals surface area contributed by atoms with Gasteiger partial charge in [-0.2, -0.15) is 0 Å². The van der Waals surface area contributed by atoms with E-state index in [9.17, 15) is 9.59 Å². The lowest BCUT2D eigenvalue weighted by atomic mass is 10.0. The van der Waals surface area contributed by atoms with Crippen molar-refractivity contribution in [1.29, 1.82) is 0 Å². The zero-order valence-corrected chi connectivity index (χ0v) is 21.5. The molecular formula is C30H32N2O3. The number of carbonyl (C=O) groups excluding carboxylic acids is 2. The summed E-state index contributed by atoms with van der Waals surface area (Å²) in [5, 5.41) is 0. The molecule has 0 atom stereocenters. The molecule has 0 bridgehead atoms. The number of methoxy groups -OCH3 is 1. The van der Waals surface area contributed by atoms with Gasteiger partial charge in [0.1, 0.15) is 0 Å². The Morgan fingerprint density at radius 3 is 2.23 bits per heavy atom. The van der Waals surface area contributed by atoms with Crippen molar-refractivity contribution in [3.8, 4) is 5.69 Å². The Balaban J connectivity index is 1.78. The van der Waals surface area contributed by atoms with Gasteiger partial charge in [0.15, 0.2) is 0 Å². The third kappa shape index (κ3) is 4.46. The van der Waals surface area contributed by atoms with Crippen molar-refractivity contribution in [2.75, 3.05) is 7.11 Å². The van der Waals surface area contributed by atoms with Crippen molar-refractivity contribution in [3.05, 3.63) is 105 Å². The van der Waals surface area contributed by atoms with Gasteiger partial charge < -0.3 is 14.2 Å². The summed E-state index contributed by atoms with van der Waals surface area (Å²) in [5.74, 6) is -0.698. The molecule has 0 radical (unpaired) electrons. The summed E-state index contributed by atoms with van der Waals surface area (Å²) >= 11 is 0. The fourth-order valence-electron chi connectivity index (χ4n) is 4.65. The molecule has 180 valence electrons. The van der Waals surface area contributed by atoms with E-state index in [1.54, 1.807) is 11.8 Å². The molecular weight excluding hydrogens is 436 g/mol. The first-order chi connectivity index (χ1) is 16.6. The average Bonchev–Trinajstić information content (AvgIpc) is 3.23. The third-order valence-corrected chi connectivity index (χ3v) is 6.88. The van der Waals surface area contributed by atoms with Crippen molar-refractivity contribution in [3.63, 3.8) is 0 Å². The molecule has 1 aromatic heterocycles. The molecule has 0 spiro atoms. The molecule has 35 heavy (non-hydrogen) atoms. The summed E-state index contributed by atoms with van der Waals surface area (Å²) in [6, 6.07) is 16.5. The SMILES string of the molecule is COC(=O)C1=C(C)N(Cc2ccc(C)cc2)C(=O)/C1=C\c1cc(C)n(-c2ccc(C)c(C)c2)c1C. The molecule has 0 unspecified atom stereocenters. The Hall–Kier alpha value is -3.86. The molecule has 4 rings (SSSR count). The third-order valence-electron chi connectivity index (χ3n) is 6.88. The van der Waals surface area contributed by atoms with E-state index in [2.05, 4.69) is 42.7 Å². The van der Waals surface area contributed by atoms with Crippen LogP contribution in [0.5, 0.6) is 0 Å². The van der Waals surface area contributed by atoms with Crippen LogP contribution in [0.15, 0.2) is 65.4 Å². The van der Waals surface area contributed by atoms with Crippen molar-refractivity contribution < 1.29 is 14.3 Å². The molecule has 0 N–H and O–H groups in total. The van der Waals surface area contributed by atoms with Gasteiger partial charge >= 0.3 is 5.97 Å². The summed E-state index contributed by atoms with van der Waals surface area (Å²) in [7, 11) is 1.35. The number of rotatable bonds is 5. The van der Waals surface area contributed by atoms with Gasteiger partial charge in [-0.25, -0.2) is 4.79 Å². The smallest absolute Gasteiger partial charge is 0.340 e. The van der Waals surface area contributed by atoms with Crippen LogP contribution in [-0.2, 0) is 20.9 Å². The molecule has 3 aromatic rings. The average molecular weight is 469 g/mol. The zero-order chi connectivity index (χ0) is 25.4. The minimum absolute atomic E-state index is 0.195. The van der Waals surface area contributed by atoms with E-state index in [4.69, 9.17) is 4.74 Å². The topological polar surface area (TPSA) is 51.5 Å². The van der Waals surface area contributed by atoms with Gasteiger partial charge in [-0.1, -0.05) is 35.9 Å². The number of nitrogens with zero attached hydrogens (tertiary/aromatic N) is 2. The minimum atomic E-state index is -0.503. The maximum absolute atomic E-state index is 13.6. The quantitative estimate of drug-likeness (QED) is 0.346. The number of amides is 1. The Morgan fingerprint density at radius 1 is 0.914 bits per heavy atom. The van der Waals surface area contributed by atoms with Crippen molar-refractivity contribution >= 4 is 18.0 Å². The van der Waals surface area contributed by atoms with Gasteiger partial charge in [-0.05, 0) is 88.1 Å². The summed E-state index contributed by atoms with van der Waals surface area (Å²) in [5.41, 5.74) is 9.95. The second-order valence-corrected chi connectivity index (χ2v) is 9.32. The van der Waals surface area contributed by atoms with Gasteiger partial charge in [-0.15, -0.1) is 0 Å². The van der Waals surface area contributed by atoms with Crippen LogP contribution >= 0.6 is 0 Å². The van der Waals surface area contributed by atoms with Gasteiger partial charge in [0, 0.05) is 22.8 Å². The van der Waals surface area contributed by atoms with E-state index < -0.39 is 5.97 Å². The van der Waals surface area contributed by atoms with Crippen LogP contribution in [0.2, 0.25) is 0 Å². The molecule has 2 heterocycles. The lowest BCUT2D eigenvalue weighted by molar-refractivity contribution is -0.136. The van der Waals surface area contributed by atoms with E-state index in [1.807, 2.05) is 51.1 Å². The Bertz CT molecular complexity index is 1390. The summed E-state index contributed by atoms with van der Waals surface area (Å²) in [6.45, 7) is 12.5. The largest absolute Gasteiger partial charge is 0.465 e. The maximum Gasteiger partial charge on any atom is 0.340 e. The zero-order valence-electron chi connectivity index (χ0n) is 21.5. The Morgan fingerprint density at radius 2 is 1.60 bits per heavy atom. The summed E-state index contributed by atoms with van der Waals surface area (Å²) < 4.78 is 7.24. The molecule has 1 amide bonds. The highest BCUT2D eigenvalue weighted by molar-refractivity contribution is 6.16. The number of hydrogen-bond acceptors (Lipinski definition) is 3. The molecule has 5 nitrogen and oxygen atoms in total. The minimum Gasteiger partial charge on any atom is -0.465 e. The molecule has 1 aliphatic heterocycles. The van der Waals surface area contributed by atoms with E-state index in [0.29, 0.717) is 23.4 Å². The molecule has 0 fully saturated rings. The van der Waals surface area contributed by atoms with Crippen molar-refractivity contribution in [1.82, 2.24) is 9.47 Å². The monoisotopic (exact) mass is 468 g/mol. The lowest BCUT2D eigenvalue weighted by Gasteiger charge is -2.18. The molecule has 1 aliphatic rings. The number of benzene rings is 2. The maximum atomic E-state index is 13.6. The van der Waals surface area contributed by atoms with Gasteiger partial charge in [-0.3, -0.25) is 4.79 Å². The van der Waals surface area contributed by atoms with Gasteiger partial charge in [0.25, 0.3) is 5.91 Å². The molecule has 0 saturated heterocycles. The van der Waals surface area contributed by atoms with Crippen molar-refractivity contribution in [2.45, 2.75) is 48.1 Å². The molecule has 0 saturated carbocycles. The first-order valence-electron chi connectivity index (χ1n) is 11.8. The van der Waals surface area contributed by atoms with Crippen LogP contribution in [0, 0.1) is 34.6 Å². The van der Waals surface area contributed by atoms with E-state index in [-0.39, 0.29) is 5.91 Å². The summed E-state index contributed by atoms with van der Waals surface area (Å²) in [6.07, 6.45) is 1.83. The standard InChI is InChI=1S/C30H32N2O3/c1-18-8-11-24(12-9-18)17-31-23(6)28(30(34)35-7)27(29(31)33)16-25-15-21(4)32(22(25)5)26-13-10-19(2)20(3)14-26/h8-16H,17H2,1-7H3/b27-16-. The highest BCUT2D eigenvalue weighted by atomic mass is 16.5. The van der Waals surface area contributed by atoms with Crippen LogP contribution in [-0.4, -0.2) is 28.5 Å². The number of aryl methyl sites for hydroxylation is 4. The predicted molar refractivity (Wildman–Crippen MR) is 139 cm³/mol. The first-order valence-corrected chi connectivity index (χ1v) is 11.8. The van der Waals surface area contributed by atoms with Crippen LogP contribution < -0.4 is 0 Å². The fourth-order valence-corrected chi connectivity index (χ4v) is 4.65. The second kappa shape index (κ2) is 9.41. The number of allylic oxidation sites excluding steroid dienone is 1. The Labute approximate surface area is 207 Å². The number of ether oxygens (including phenoxy) is 1. The Kier molecular flexibility index (Phi) is 6.53. The van der Waals surface area contributed by atoms with Gasteiger partial charge in [0.05, 0.1) is 24.8 Å². The van der Waals surface area contributed by atoms with Crippen LogP contribution in [0.3, 0.4) is 0 Å². The van der Waals surface area contributed by atoms with Gasteiger partial charge in [0.2, 0.25) is 0 Å². The second-order valence-electron chi connectivity index (χ2n) is 9.32. The van der Waals surface area contributed by atoms with E-state index >= 15 is 0 Å². The van der Waals surface area contributed by atoms with E-state index in [1.165, 1.54) is 18.2 Å². The number of aromatic nitrogens is 1. The van der Waals surface area contributed by atoms with E-state index in [0.717, 1.165) is 33.8 Å². The van der Waals surface area contributed by atoms with Crippen molar-refractivity contribution in [2.24, 2.45) is 0 Å². The predicted octanol–water partition coefficient (Wildman–Crippen LogP) is 5.89. The highest BCUT2D eigenvalue weighted by Gasteiger charge is 2.37. The van der Waals surface area contributed by atoms with Crippen LogP contribution in [0.1, 0.15) is 46.1 Å². The highest BCUT2D eigenvalue weighted by Crippen LogP contribution is 2.34. The molecule has 5 heteroatoms. The van der Waals surface area contributed by atoms with Crippen LogP contribution in [0.4, 0.5) is 0 Å². The van der Waals surface area contributed by atoms with Crippen LogP contribution in [0.25, 0.3) is 11.8 Å². The molecule has 0 aliphatic carbocycles. The fraction of sp³-hybridized carbons (Fsp3) is 0.267. The summed E-state index contributed by atoms with van der Waals surface area (Å²) in [4.78, 5) is 28.0. The molecule has 2 aromatic carbocycles. The number of carbonyl (C=O) groups is 2. The normalized spacial score (nSPS) is 14.9. The number of hydrogen-bond donors (Lipinski definition) is 0.